The number of aryl methyl sites for hydroxylation is 1. The summed E-state index contributed by atoms with van der Waals surface area (Å²) in [6.07, 6.45) is 10.7. The van der Waals surface area contributed by atoms with Gasteiger partial charge in [-0.1, -0.05) is 180 Å². The molecule has 56 heavy (non-hydrogen) atoms. The Bertz CT molecular complexity index is 3400. The van der Waals surface area contributed by atoms with Gasteiger partial charge in [0.25, 0.3) is 0 Å². The monoisotopic (exact) mass is 778 g/mol. The van der Waals surface area contributed by atoms with E-state index in [0.29, 0.717) is 0 Å². The number of fused-ring (bicyclic) bond motifs is 9. The summed E-state index contributed by atoms with van der Waals surface area (Å²) in [5.41, 5.74) is 8.48. The Morgan fingerprint density at radius 2 is 1.12 bits per heavy atom. The molecule has 266 valence electrons. The van der Waals surface area contributed by atoms with E-state index in [1.54, 1.807) is 0 Å². The van der Waals surface area contributed by atoms with Crippen molar-refractivity contribution in [1.82, 2.24) is 0 Å². The van der Waals surface area contributed by atoms with E-state index < -0.39 is 0 Å². The minimum atomic E-state index is 1.06. The molecule has 0 aliphatic heterocycles. The van der Waals surface area contributed by atoms with Crippen molar-refractivity contribution < 1.29 is 0 Å². The van der Waals surface area contributed by atoms with E-state index in [1.165, 1.54) is 114 Å². The minimum Gasteiger partial charge on any atom is -0.0990 e. The highest BCUT2D eigenvalue weighted by atomic mass is 79.9. The third kappa shape index (κ3) is 4.97. The molecule has 0 atom stereocenters. The van der Waals surface area contributed by atoms with Crippen molar-refractivity contribution in [1.29, 1.82) is 0 Å². The Morgan fingerprint density at radius 1 is 0.518 bits per heavy atom. The molecular weight excluding hydrogens is 741 g/mol. The molecule has 0 unspecified atom stereocenters. The zero-order valence-electron chi connectivity index (χ0n) is 31.8. The highest BCUT2D eigenvalue weighted by Gasteiger charge is 2.24. The second-order valence-corrected chi connectivity index (χ2v) is 15.6. The Morgan fingerprint density at radius 3 is 1.84 bits per heavy atom. The van der Waals surface area contributed by atoms with E-state index in [9.17, 15) is 0 Å². The summed E-state index contributed by atoms with van der Waals surface area (Å²) < 4.78 is 1.06. The van der Waals surface area contributed by atoms with Crippen molar-refractivity contribution in [2.24, 2.45) is 0 Å². The second-order valence-electron chi connectivity index (χ2n) is 14.8. The molecule has 10 aromatic carbocycles. The van der Waals surface area contributed by atoms with E-state index in [0.717, 1.165) is 10.0 Å². The average molecular weight is 780 g/mol. The first kappa shape index (κ1) is 34.2. The molecule has 0 nitrogen and oxygen atoms in total. The summed E-state index contributed by atoms with van der Waals surface area (Å²) >= 11 is 4.20. The normalized spacial score (nSPS) is 12.9. The standard InChI is InChI=1S/C55H39Br/c1-5-17-34(18-6-2)51-48-32-49(56)46(39-29-30-45-44-26-15-19-33(4)50(44)36(7-3)40-27-16-28-41(39)53(40)45)31-47(48)52(35-20-9-8-10-21-35)55-43-25-14-12-23-38(43)37-22-11-13-24-42(37)54(51)55/h5-32H,1H2,2-4H3/b18-6-,34-17+,36-7-. The molecular formula is C55H39Br. The Hall–Kier alpha value is -6.28. The van der Waals surface area contributed by atoms with E-state index in [-0.39, 0.29) is 0 Å². The van der Waals surface area contributed by atoms with Gasteiger partial charge in [0.2, 0.25) is 0 Å². The van der Waals surface area contributed by atoms with Crippen LogP contribution in [-0.4, -0.2) is 0 Å². The minimum absolute atomic E-state index is 1.06. The van der Waals surface area contributed by atoms with Gasteiger partial charge in [0.15, 0.2) is 0 Å². The van der Waals surface area contributed by atoms with Crippen LogP contribution in [0.25, 0.3) is 109 Å². The van der Waals surface area contributed by atoms with E-state index in [2.05, 4.69) is 207 Å². The Kier molecular flexibility index (Phi) is 8.24. The molecule has 0 bridgehead atoms. The molecule has 0 amide bonds. The van der Waals surface area contributed by atoms with Gasteiger partial charge in [0.05, 0.1) is 0 Å². The summed E-state index contributed by atoms with van der Waals surface area (Å²) in [5.74, 6) is 0. The summed E-state index contributed by atoms with van der Waals surface area (Å²) in [4.78, 5) is 0. The van der Waals surface area contributed by atoms with Crippen molar-refractivity contribution >= 4 is 103 Å². The number of halogens is 1. The van der Waals surface area contributed by atoms with Crippen LogP contribution >= 0.6 is 15.9 Å². The maximum Gasteiger partial charge on any atom is 0.0260 e. The van der Waals surface area contributed by atoms with Gasteiger partial charge in [-0.05, 0) is 152 Å². The fourth-order valence-corrected chi connectivity index (χ4v) is 10.2. The van der Waals surface area contributed by atoms with E-state index in [4.69, 9.17) is 0 Å². The van der Waals surface area contributed by atoms with Crippen LogP contribution in [0.15, 0.2) is 175 Å². The first-order valence-electron chi connectivity index (χ1n) is 19.4. The van der Waals surface area contributed by atoms with Crippen LogP contribution in [0.3, 0.4) is 0 Å². The third-order valence-electron chi connectivity index (χ3n) is 11.8. The predicted octanol–water partition coefficient (Wildman–Crippen LogP) is 15.8. The zero-order valence-corrected chi connectivity index (χ0v) is 33.3. The van der Waals surface area contributed by atoms with Crippen molar-refractivity contribution in [3.05, 3.63) is 191 Å². The van der Waals surface area contributed by atoms with Gasteiger partial charge in [-0.15, -0.1) is 0 Å². The van der Waals surface area contributed by atoms with E-state index >= 15 is 0 Å². The maximum absolute atomic E-state index is 4.20. The molecule has 0 radical (unpaired) electrons. The average Bonchev–Trinajstić information content (AvgIpc) is 3.23. The highest BCUT2D eigenvalue weighted by molar-refractivity contribution is 9.10. The molecule has 0 fully saturated rings. The zero-order chi connectivity index (χ0) is 38.1. The first-order chi connectivity index (χ1) is 27.5. The van der Waals surface area contributed by atoms with Crippen LogP contribution < -0.4 is 5.22 Å². The smallest absolute Gasteiger partial charge is 0.0260 e. The van der Waals surface area contributed by atoms with Crippen molar-refractivity contribution in [2.45, 2.75) is 20.8 Å². The molecule has 0 saturated heterocycles. The van der Waals surface area contributed by atoms with Gasteiger partial charge in [-0.2, -0.15) is 0 Å². The summed E-state index contributed by atoms with van der Waals surface area (Å²) in [7, 11) is 0. The van der Waals surface area contributed by atoms with Gasteiger partial charge in [-0.3, -0.25) is 0 Å². The molecule has 0 heterocycles. The summed E-state index contributed by atoms with van der Waals surface area (Å²) in [6.45, 7) is 10.7. The van der Waals surface area contributed by atoms with Crippen LogP contribution in [0.4, 0.5) is 0 Å². The molecule has 0 N–H and O–H groups in total. The highest BCUT2D eigenvalue weighted by Crippen LogP contribution is 2.51. The molecule has 10 rings (SSSR count). The number of hydrogen-bond acceptors (Lipinski definition) is 0. The quantitative estimate of drug-likeness (QED) is 0.0927. The fourth-order valence-electron chi connectivity index (χ4n) is 9.63. The topological polar surface area (TPSA) is 0 Å². The Labute approximate surface area is 335 Å². The summed E-state index contributed by atoms with van der Waals surface area (Å²) in [5, 5.41) is 19.0. The lowest BCUT2D eigenvalue weighted by atomic mass is 9.80. The van der Waals surface area contributed by atoms with Crippen LogP contribution in [-0.2, 0) is 0 Å². The summed E-state index contributed by atoms with van der Waals surface area (Å²) in [6, 6.07) is 51.9. The van der Waals surface area contributed by atoms with E-state index in [1.807, 2.05) is 6.08 Å². The van der Waals surface area contributed by atoms with Gasteiger partial charge >= 0.3 is 0 Å². The van der Waals surface area contributed by atoms with Gasteiger partial charge < -0.3 is 0 Å². The van der Waals surface area contributed by atoms with Crippen molar-refractivity contribution in [2.75, 3.05) is 0 Å². The van der Waals surface area contributed by atoms with Crippen molar-refractivity contribution in [3.8, 4) is 22.3 Å². The lowest BCUT2D eigenvalue weighted by molar-refractivity contribution is 1.53. The Balaban J connectivity index is 1.44. The number of hydrogen-bond donors (Lipinski definition) is 0. The van der Waals surface area contributed by atoms with Crippen LogP contribution in [0.2, 0.25) is 0 Å². The predicted molar refractivity (Wildman–Crippen MR) is 251 cm³/mol. The second kappa shape index (κ2) is 13.5. The molecule has 0 spiro atoms. The maximum atomic E-state index is 4.20. The first-order valence-corrected chi connectivity index (χ1v) is 20.2. The lowest BCUT2D eigenvalue weighted by Gasteiger charge is -2.23. The molecule has 10 aromatic rings. The number of benzene rings is 10. The lowest BCUT2D eigenvalue weighted by Crippen LogP contribution is -2.06. The molecule has 0 aromatic heterocycles. The number of allylic oxidation sites excluding steroid dienone is 5. The number of rotatable bonds is 5. The molecule has 0 aliphatic carbocycles. The SMILES string of the molecule is C=C/C=C(\C=C/C)c1c2cc(Br)c(-c3ccc4c5cccc(C)c5/c(=C\C)c5cccc3c54)cc2c(-c2ccccc2)c2c3ccccc3c3ccccc3c12. The van der Waals surface area contributed by atoms with Crippen LogP contribution in [0.1, 0.15) is 25.0 Å². The molecule has 0 saturated carbocycles. The van der Waals surface area contributed by atoms with Crippen molar-refractivity contribution in [3.63, 3.8) is 0 Å². The third-order valence-corrected chi connectivity index (χ3v) is 12.5. The van der Waals surface area contributed by atoms with Crippen LogP contribution in [0.5, 0.6) is 0 Å². The largest absolute Gasteiger partial charge is 0.0990 e. The van der Waals surface area contributed by atoms with Gasteiger partial charge in [0.1, 0.15) is 0 Å². The fraction of sp³-hybridized carbons (Fsp3) is 0.0545. The van der Waals surface area contributed by atoms with Gasteiger partial charge in [0, 0.05) is 4.47 Å². The molecule has 0 aliphatic rings. The van der Waals surface area contributed by atoms with Crippen LogP contribution in [0, 0.1) is 6.92 Å². The molecule has 1 heteroatoms. The van der Waals surface area contributed by atoms with Gasteiger partial charge in [-0.25, -0.2) is 0 Å².